The van der Waals surface area contributed by atoms with Gasteiger partial charge in [-0.05, 0) is 35.4 Å². The fourth-order valence-corrected chi connectivity index (χ4v) is 1.85. The van der Waals surface area contributed by atoms with Crippen LogP contribution < -0.4 is 0 Å². The van der Waals surface area contributed by atoms with Crippen LogP contribution in [0.2, 0.25) is 0 Å². The van der Waals surface area contributed by atoms with Crippen molar-refractivity contribution >= 4 is 0 Å². The first-order chi connectivity index (χ1) is 11.5. The minimum atomic E-state index is 1.28. The van der Waals surface area contributed by atoms with E-state index >= 15 is 0 Å². The van der Waals surface area contributed by atoms with Crippen molar-refractivity contribution in [3.8, 4) is 11.1 Å². The van der Waals surface area contributed by atoms with Crippen molar-refractivity contribution in [2.75, 3.05) is 0 Å². The summed E-state index contributed by atoms with van der Waals surface area (Å²) in [5, 5.41) is 0. The van der Waals surface area contributed by atoms with Crippen LogP contribution in [0.25, 0.3) is 11.1 Å². The minimum Gasteiger partial charge on any atom is -0.368 e. The van der Waals surface area contributed by atoms with Crippen molar-refractivity contribution in [3.05, 3.63) is 116 Å². The average molecular weight is 300 g/mol. The lowest BCUT2D eigenvalue weighted by molar-refractivity contribution is 1.33. The molecule has 0 aliphatic carbocycles. The maximum atomic E-state index is 3.78. The molecule has 0 amide bonds. The Morgan fingerprint density at radius 2 is 0.913 bits per heavy atom. The molecule has 0 fully saturated rings. The normalized spacial score (nSPS) is 8.87. The Kier molecular flexibility index (Phi) is 7.47. The first-order valence-corrected chi connectivity index (χ1v) is 7.50. The van der Waals surface area contributed by atoms with Crippen LogP contribution in [0.1, 0.15) is 0 Å². The summed E-state index contributed by atoms with van der Waals surface area (Å²) in [7, 11) is 0. The second-order valence-electron chi connectivity index (χ2n) is 4.64. The maximum Gasteiger partial charge on any atom is 0.0267 e. The number of aromatic nitrogens is 2. The summed E-state index contributed by atoms with van der Waals surface area (Å²) >= 11 is 0. The maximum absolute atomic E-state index is 3.78. The molecule has 0 atom stereocenters. The molecule has 114 valence electrons. The van der Waals surface area contributed by atoms with Crippen molar-refractivity contribution in [2.24, 2.45) is 0 Å². The molecule has 0 unspecified atom stereocenters. The summed E-state index contributed by atoms with van der Waals surface area (Å²) in [5.74, 6) is 0. The molecule has 2 nitrogen and oxygen atoms in total. The second kappa shape index (κ2) is 10.6. The zero-order chi connectivity index (χ0) is 16.0. The summed E-state index contributed by atoms with van der Waals surface area (Å²) in [6.07, 6.45) is 7.25. The van der Waals surface area contributed by atoms with E-state index in [1.54, 1.807) is 12.4 Å². The molecule has 0 saturated carbocycles. The highest BCUT2D eigenvalue weighted by Gasteiger charge is 1.91. The van der Waals surface area contributed by atoms with E-state index in [4.69, 9.17) is 0 Å². The van der Waals surface area contributed by atoms with E-state index in [-0.39, 0.29) is 0 Å². The molecule has 4 aromatic rings. The lowest BCUT2D eigenvalue weighted by Gasteiger charge is -1.98. The Bertz CT molecular complexity index is 624. The number of H-pyrrole nitrogens is 1. The number of aromatic amines is 1. The molecular weight excluding hydrogens is 280 g/mol. The summed E-state index contributed by atoms with van der Waals surface area (Å²) in [4.78, 5) is 6.65. The van der Waals surface area contributed by atoms with Gasteiger partial charge < -0.3 is 4.98 Å². The zero-order valence-corrected chi connectivity index (χ0v) is 12.9. The Labute approximate surface area is 137 Å². The Morgan fingerprint density at radius 3 is 1.17 bits per heavy atom. The number of pyridine rings is 1. The first-order valence-electron chi connectivity index (χ1n) is 7.50. The van der Waals surface area contributed by atoms with E-state index in [1.807, 2.05) is 54.9 Å². The van der Waals surface area contributed by atoms with Gasteiger partial charge in [0.1, 0.15) is 0 Å². The molecule has 0 spiro atoms. The fourth-order valence-electron chi connectivity index (χ4n) is 1.85. The van der Waals surface area contributed by atoms with Crippen LogP contribution in [0.5, 0.6) is 0 Å². The third-order valence-electron chi connectivity index (χ3n) is 2.94. The molecule has 4 rings (SSSR count). The topological polar surface area (TPSA) is 28.7 Å². The molecule has 0 saturated heterocycles. The van der Waals surface area contributed by atoms with Gasteiger partial charge in [-0.3, -0.25) is 4.98 Å². The van der Waals surface area contributed by atoms with Crippen LogP contribution in [0.15, 0.2) is 116 Å². The van der Waals surface area contributed by atoms with E-state index in [0.717, 1.165) is 0 Å². The number of nitrogens with zero attached hydrogens (tertiary/aromatic N) is 1. The molecule has 0 aliphatic heterocycles. The highest BCUT2D eigenvalue weighted by Crippen LogP contribution is 2.17. The molecule has 2 heteroatoms. The van der Waals surface area contributed by atoms with E-state index in [2.05, 4.69) is 58.5 Å². The van der Waals surface area contributed by atoms with E-state index in [9.17, 15) is 0 Å². The minimum absolute atomic E-state index is 1.28. The number of hydrogen-bond donors (Lipinski definition) is 1. The van der Waals surface area contributed by atoms with Crippen LogP contribution >= 0.6 is 0 Å². The monoisotopic (exact) mass is 300 g/mol. The van der Waals surface area contributed by atoms with Gasteiger partial charge in [0, 0.05) is 24.8 Å². The van der Waals surface area contributed by atoms with Gasteiger partial charge in [0.25, 0.3) is 0 Å². The quantitative estimate of drug-likeness (QED) is 0.497. The molecule has 0 aliphatic rings. The number of hydrogen-bond acceptors (Lipinski definition) is 1. The Balaban J connectivity index is 0.000000145. The predicted molar refractivity (Wildman–Crippen MR) is 96.9 cm³/mol. The molecule has 2 aromatic heterocycles. The van der Waals surface area contributed by atoms with Crippen LogP contribution in [-0.4, -0.2) is 9.97 Å². The zero-order valence-electron chi connectivity index (χ0n) is 12.9. The van der Waals surface area contributed by atoms with Gasteiger partial charge in [-0.25, -0.2) is 0 Å². The summed E-state index contributed by atoms with van der Waals surface area (Å²) in [6, 6.07) is 30.4. The smallest absolute Gasteiger partial charge is 0.0267 e. The number of rotatable bonds is 1. The van der Waals surface area contributed by atoms with Crippen LogP contribution in [0, 0.1) is 0 Å². The molecule has 2 aromatic carbocycles. The van der Waals surface area contributed by atoms with Gasteiger partial charge in [0.15, 0.2) is 0 Å². The van der Waals surface area contributed by atoms with E-state index < -0.39 is 0 Å². The van der Waals surface area contributed by atoms with Crippen molar-refractivity contribution < 1.29 is 0 Å². The first kappa shape index (κ1) is 16.2. The summed E-state index contributed by atoms with van der Waals surface area (Å²) in [6.45, 7) is 0. The van der Waals surface area contributed by atoms with Crippen molar-refractivity contribution in [1.29, 1.82) is 0 Å². The van der Waals surface area contributed by atoms with E-state index in [0.29, 0.717) is 0 Å². The lowest BCUT2D eigenvalue weighted by atomic mass is 10.1. The SMILES string of the molecule is c1cc[nH]c1.c1ccc(-c2ccccc2)cc1.c1ccncc1. The van der Waals surface area contributed by atoms with Crippen LogP contribution in [-0.2, 0) is 0 Å². The third-order valence-corrected chi connectivity index (χ3v) is 2.94. The molecule has 1 N–H and O–H groups in total. The van der Waals surface area contributed by atoms with Gasteiger partial charge in [-0.15, -0.1) is 0 Å². The standard InChI is InChI=1S/C12H10.C5H5N.C4H5N/c1-3-7-11(8-4-1)12-9-5-2-6-10-12;1-2-4-6-5-3-1;1-2-4-5-3-1/h1-10H;1-5H;1-5H. The van der Waals surface area contributed by atoms with Gasteiger partial charge in [-0.1, -0.05) is 66.7 Å². The molecule has 23 heavy (non-hydrogen) atoms. The Hall–Kier alpha value is -3.13. The highest BCUT2D eigenvalue weighted by atomic mass is 14.6. The number of nitrogens with one attached hydrogen (secondary N) is 1. The predicted octanol–water partition coefficient (Wildman–Crippen LogP) is 5.45. The summed E-state index contributed by atoms with van der Waals surface area (Å²) < 4.78 is 0. The third kappa shape index (κ3) is 6.91. The van der Waals surface area contributed by atoms with Gasteiger partial charge >= 0.3 is 0 Å². The van der Waals surface area contributed by atoms with Crippen molar-refractivity contribution in [3.63, 3.8) is 0 Å². The average Bonchev–Trinajstić information content (AvgIpc) is 3.25. The summed E-state index contributed by atoms with van der Waals surface area (Å²) in [5.41, 5.74) is 2.55. The van der Waals surface area contributed by atoms with Gasteiger partial charge in [0.05, 0.1) is 0 Å². The van der Waals surface area contributed by atoms with Crippen molar-refractivity contribution in [1.82, 2.24) is 9.97 Å². The second-order valence-corrected chi connectivity index (χ2v) is 4.64. The van der Waals surface area contributed by atoms with Crippen molar-refractivity contribution in [2.45, 2.75) is 0 Å². The highest BCUT2D eigenvalue weighted by molar-refractivity contribution is 5.62. The van der Waals surface area contributed by atoms with Gasteiger partial charge in [0.2, 0.25) is 0 Å². The molecule has 2 heterocycles. The van der Waals surface area contributed by atoms with Crippen LogP contribution in [0.4, 0.5) is 0 Å². The molecule has 0 radical (unpaired) electrons. The lowest BCUT2D eigenvalue weighted by Crippen LogP contribution is -1.73. The Morgan fingerprint density at radius 1 is 0.478 bits per heavy atom. The van der Waals surface area contributed by atoms with Gasteiger partial charge in [-0.2, -0.15) is 0 Å². The van der Waals surface area contributed by atoms with E-state index in [1.165, 1.54) is 11.1 Å². The number of benzene rings is 2. The molecular formula is C21H20N2. The van der Waals surface area contributed by atoms with Crippen LogP contribution in [0.3, 0.4) is 0 Å². The fraction of sp³-hybridized carbons (Fsp3) is 0. The largest absolute Gasteiger partial charge is 0.368 e. The molecule has 0 bridgehead atoms.